The van der Waals surface area contributed by atoms with Crippen molar-refractivity contribution in [2.75, 3.05) is 0 Å². The highest BCUT2D eigenvalue weighted by molar-refractivity contribution is 5.77. The van der Waals surface area contributed by atoms with Gasteiger partial charge < -0.3 is 5.32 Å². The molecule has 1 aromatic carbocycles. The van der Waals surface area contributed by atoms with Crippen LogP contribution in [0.4, 0.5) is 0 Å². The zero-order valence-corrected chi connectivity index (χ0v) is 11.5. The van der Waals surface area contributed by atoms with E-state index in [1.807, 2.05) is 46.7 Å². The molecule has 0 aliphatic heterocycles. The number of nitrogens with one attached hydrogen (secondary N) is 1. The monoisotopic (exact) mass is 258 g/mol. The Morgan fingerprint density at radius 3 is 2.95 bits per heavy atom. The first-order valence-corrected chi connectivity index (χ1v) is 6.56. The van der Waals surface area contributed by atoms with E-state index in [1.165, 1.54) is 0 Å². The Labute approximate surface area is 113 Å². The predicted octanol–water partition coefficient (Wildman–Crippen LogP) is 1.94. The zero-order chi connectivity index (χ0) is 13.8. The van der Waals surface area contributed by atoms with Gasteiger partial charge in [-0.2, -0.15) is 0 Å². The molecule has 0 fully saturated rings. The molecule has 1 atom stereocenters. The van der Waals surface area contributed by atoms with Crippen molar-refractivity contribution < 1.29 is 9.36 Å². The van der Waals surface area contributed by atoms with Crippen LogP contribution in [0, 0.1) is 0 Å². The van der Waals surface area contributed by atoms with Crippen molar-refractivity contribution in [3.8, 4) is 0 Å². The molecule has 0 saturated heterocycles. The van der Waals surface area contributed by atoms with Crippen LogP contribution < -0.4 is 9.88 Å². The largest absolute Gasteiger partial charge is 0.350 e. The van der Waals surface area contributed by atoms with E-state index < -0.39 is 0 Å². The maximum Gasteiger partial charge on any atom is 0.262 e. The smallest absolute Gasteiger partial charge is 0.262 e. The number of rotatable bonds is 5. The van der Waals surface area contributed by atoms with E-state index in [0.717, 1.165) is 17.5 Å². The minimum atomic E-state index is 0.0336. The summed E-state index contributed by atoms with van der Waals surface area (Å²) in [6.07, 6.45) is 4.57. The lowest BCUT2D eigenvalue weighted by atomic mass is 10.2. The number of carbonyl (C=O) groups is 1. The van der Waals surface area contributed by atoms with E-state index in [4.69, 9.17) is 0 Å². The second-order valence-electron chi connectivity index (χ2n) is 4.70. The molecule has 0 aliphatic carbocycles. The molecule has 1 N–H and O–H groups in total. The molecule has 0 unspecified atom stereocenters. The molecule has 1 amide bonds. The Hall–Kier alpha value is -2.10. The van der Waals surface area contributed by atoms with E-state index in [0.29, 0.717) is 6.54 Å². The van der Waals surface area contributed by atoms with Gasteiger partial charge in [0.1, 0.15) is 0 Å². The number of benzene rings is 1. The summed E-state index contributed by atoms with van der Waals surface area (Å²) in [5, 5.41) is 2.98. The molecule has 2 rings (SSSR count). The molecule has 0 saturated carbocycles. The molecular formula is C15H20N3O+. The second-order valence-corrected chi connectivity index (χ2v) is 4.70. The van der Waals surface area contributed by atoms with Gasteiger partial charge in [0.25, 0.3) is 5.91 Å². The van der Waals surface area contributed by atoms with Gasteiger partial charge in [-0.25, -0.2) is 9.13 Å². The number of imidazole rings is 1. The van der Waals surface area contributed by atoms with Crippen molar-refractivity contribution in [3.63, 3.8) is 0 Å². The van der Waals surface area contributed by atoms with Gasteiger partial charge >= 0.3 is 0 Å². The predicted molar refractivity (Wildman–Crippen MR) is 76.4 cm³/mol. The van der Waals surface area contributed by atoms with Gasteiger partial charge in [0.05, 0.1) is 6.20 Å². The van der Waals surface area contributed by atoms with Crippen LogP contribution >= 0.6 is 0 Å². The number of nitrogens with zero attached hydrogens (tertiary/aromatic N) is 2. The zero-order valence-electron chi connectivity index (χ0n) is 11.5. The average molecular weight is 258 g/mol. The van der Waals surface area contributed by atoms with Crippen molar-refractivity contribution >= 4 is 23.1 Å². The van der Waals surface area contributed by atoms with Crippen LogP contribution in [0.3, 0.4) is 0 Å². The first kappa shape index (κ1) is 13.3. The van der Waals surface area contributed by atoms with Crippen LogP contribution in [-0.4, -0.2) is 16.5 Å². The SMILES string of the molecule is C=Cn1c[n+](CC(=O)N[C@@H](C)CC)c2ccccc21. The van der Waals surface area contributed by atoms with Crippen LogP contribution in [0.25, 0.3) is 17.2 Å². The quantitative estimate of drug-likeness (QED) is 0.818. The van der Waals surface area contributed by atoms with Gasteiger partial charge in [0, 0.05) is 6.04 Å². The lowest BCUT2D eigenvalue weighted by molar-refractivity contribution is -0.659. The van der Waals surface area contributed by atoms with Crippen LogP contribution in [0.2, 0.25) is 0 Å². The van der Waals surface area contributed by atoms with E-state index in [1.54, 1.807) is 6.20 Å². The molecule has 2 aromatic rings. The number of para-hydroxylation sites is 2. The number of hydrogen-bond donors (Lipinski definition) is 1. The summed E-state index contributed by atoms with van der Waals surface area (Å²) in [7, 11) is 0. The molecule has 0 radical (unpaired) electrons. The fourth-order valence-corrected chi connectivity index (χ4v) is 2.05. The Kier molecular flexibility index (Phi) is 4.00. The highest BCUT2D eigenvalue weighted by atomic mass is 16.2. The molecule has 0 aliphatic rings. The number of aromatic nitrogens is 2. The average Bonchev–Trinajstić information content (AvgIpc) is 2.77. The van der Waals surface area contributed by atoms with E-state index >= 15 is 0 Å². The van der Waals surface area contributed by atoms with Crippen molar-refractivity contribution in [2.24, 2.45) is 0 Å². The van der Waals surface area contributed by atoms with Gasteiger partial charge in [-0.15, -0.1) is 0 Å². The molecule has 0 spiro atoms. The summed E-state index contributed by atoms with van der Waals surface area (Å²) in [4.78, 5) is 12.0. The van der Waals surface area contributed by atoms with Crippen LogP contribution in [0.1, 0.15) is 20.3 Å². The van der Waals surface area contributed by atoms with Gasteiger partial charge in [-0.05, 0) is 25.5 Å². The Morgan fingerprint density at radius 1 is 1.53 bits per heavy atom. The summed E-state index contributed by atoms with van der Waals surface area (Å²) in [6, 6.07) is 8.18. The van der Waals surface area contributed by atoms with E-state index in [-0.39, 0.29) is 11.9 Å². The first-order chi connectivity index (χ1) is 9.15. The molecule has 1 heterocycles. The highest BCUT2D eigenvalue weighted by Crippen LogP contribution is 2.10. The third kappa shape index (κ3) is 2.84. The lowest BCUT2D eigenvalue weighted by Crippen LogP contribution is -2.44. The van der Waals surface area contributed by atoms with Crippen molar-refractivity contribution in [1.82, 2.24) is 9.88 Å². The van der Waals surface area contributed by atoms with Gasteiger partial charge in [0.15, 0.2) is 17.6 Å². The second kappa shape index (κ2) is 5.69. The van der Waals surface area contributed by atoms with E-state index in [9.17, 15) is 4.79 Å². The number of amides is 1. The van der Waals surface area contributed by atoms with Crippen LogP contribution in [0.5, 0.6) is 0 Å². The Morgan fingerprint density at radius 2 is 2.26 bits per heavy atom. The number of fused-ring (bicyclic) bond motifs is 1. The van der Waals surface area contributed by atoms with Crippen molar-refractivity contribution in [1.29, 1.82) is 0 Å². The minimum absolute atomic E-state index is 0.0336. The standard InChI is InChI=1S/C15H19N3O/c1-4-12(3)16-15(19)10-18-11-17(5-2)13-8-6-7-9-14(13)18/h5-9,11-12H,2,4,10H2,1,3H3/p+1/t12-/m0/s1. The number of hydrogen-bond acceptors (Lipinski definition) is 1. The summed E-state index contributed by atoms with van der Waals surface area (Å²) in [5.74, 6) is 0.0336. The van der Waals surface area contributed by atoms with Crippen molar-refractivity contribution in [2.45, 2.75) is 32.9 Å². The van der Waals surface area contributed by atoms with Gasteiger partial charge in [-0.3, -0.25) is 4.79 Å². The maximum atomic E-state index is 12.0. The topological polar surface area (TPSA) is 37.9 Å². The molecular weight excluding hydrogens is 238 g/mol. The fourth-order valence-electron chi connectivity index (χ4n) is 2.05. The number of carbonyl (C=O) groups excluding carboxylic acids is 1. The maximum absolute atomic E-state index is 12.0. The highest BCUT2D eigenvalue weighted by Gasteiger charge is 2.16. The third-order valence-corrected chi connectivity index (χ3v) is 3.26. The summed E-state index contributed by atoms with van der Waals surface area (Å²) in [6.45, 7) is 8.18. The Bertz CT molecular complexity index is 600. The minimum Gasteiger partial charge on any atom is -0.350 e. The molecule has 4 heteroatoms. The summed E-state index contributed by atoms with van der Waals surface area (Å²) >= 11 is 0. The summed E-state index contributed by atoms with van der Waals surface area (Å²) < 4.78 is 3.86. The van der Waals surface area contributed by atoms with E-state index in [2.05, 4.69) is 18.8 Å². The molecule has 0 bridgehead atoms. The molecule has 1 aromatic heterocycles. The van der Waals surface area contributed by atoms with Crippen LogP contribution in [0.15, 0.2) is 37.2 Å². The normalized spacial score (nSPS) is 12.3. The van der Waals surface area contributed by atoms with Crippen molar-refractivity contribution in [3.05, 3.63) is 37.2 Å². The van der Waals surface area contributed by atoms with Gasteiger partial charge in [-0.1, -0.05) is 25.6 Å². The third-order valence-electron chi connectivity index (χ3n) is 3.26. The lowest BCUT2D eigenvalue weighted by Gasteiger charge is -2.09. The fraction of sp³-hybridized carbons (Fsp3) is 0.333. The first-order valence-electron chi connectivity index (χ1n) is 6.56. The molecule has 19 heavy (non-hydrogen) atoms. The molecule has 100 valence electrons. The van der Waals surface area contributed by atoms with Gasteiger partial charge in [0.2, 0.25) is 6.33 Å². The summed E-state index contributed by atoms with van der Waals surface area (Å²) in [5.41, 5.74) is 2.08. The molecule has 4 nitrogen and oxygen atoms in total. The Balaban J connectivity index is 2.26. The van der Waals surface area contributed by atoms with Crippen LogP contribution in [-0.2, 0) is 11.3 Å².